The Labute approximate surface area is 174 Å². The van der Waals surface area contributed by atoms with Crippen LogP contribution in [0.5, 0.6) is 11.5 Å². The van der Waals surface area contributed by atoms with Crippen molar-refractivity contribution < 1.29 is 23.6 Å². The Morgan fingerprint density at radius 1 is 1.38 bits per heavy atom. The van der Waals surface area contributed by atoms with Gasteiger partial charge in [-0.25, -0.2) is 13.9 Å². The van der Waals surface area contributed by atoms with E-state index in [0.29, 0.717) is 15.6 Å². The molecule has 11 heteroatoms. The summed E-state index contributed by atoms with van der Waals surface area (Å²) >= 11 is 1.34. The van der Waals surface area contributed by atoms with Crippen molar-refractivity contribution in [3.8, 4) is 11.5 Å². The number of carbonyl (C=O) groups is 2. The summed E-state index contributed by atoms with van der Waals surface area (Å²) in [7, 11) is 3.03. The second-order valence-electron chi connectivity index (χ2n) is 6.03. The zero-order valence-corrected chi connectivity index (χ0v) is 17.6. The minimum absolute atomic E-state index is 0.0151. The third kappa shape index (κ3) is 4.05. The standard InChI is InChI=1S/C18H20N4O5S2/c1-19-16-11(6-7-22-14(23)10-21(2)18(22)25)17(24)13(27-3)9-12(16)20-29(26)15-5-4-8-28-15/h4-9,19-20,24H,10H2,1-3H3/b7-6+. The number of nitrogens with zero attached hydrogens (tertiary/aromatic N) is 2. The lowest BCUT2D eigenvalue weighted by Gasteiger charge is -2.18. The van der Waals surface area contributed by atoms with Gasteiger partial charge >= 0.3 is 6.03 Å². The number of ether oxygens (including phenoxy) is 1. The Bertz CT molecular complexity index is 991. The van der Waals surface area contributed by atoms with Crippen molar-refractivity contribution in [2.45, 2.75) is 4.21 Å². The molecule has 1 aliphatic rings. The zero-order chi connectivity index (χ0) is 21.1. The average molecular weight is 437 g/mol. The number of thiophene rings is 1. The Kier molecular flexibility index (Phi) is 6.09. The van der Waals surface area contributed by atoms with Crippen molar-refractivity contribution in [2.24, 2.45) is 0 Å². The SMILES string of the molecule is CNc1c(NS(=O)c2cccs2)cc(OC)c(O)c1/C=C/N1C(=O)CN(C)C1=O. The number of anilines is 2. The molecule has 0 saturated carbocycles. The van der Waals surface area contributed by atoms with Crippen LogP contribution in [0.3, 0.4) is 0 Å². The number of carbonyl (C=O) groups excluding carboxylic acids is 2. The van der Waals surface area contributed by atoms with E-state index in [1.807, 2.05) is 5.38 Å². The number of urea groups is 1. The van der Waals surface area contributed by atoms with Gasteiger partial charge < -0.3 is 20.1 Å². The molecule has 154 valence electrons. The number of benzene rings is 1. The molecule has 3 N–H and O–H groups in total. The minimum Gasteiger partial charge on any atom is -0.504 e. The number of phenols is 1. The van der Waals surface area contributed by atoms with Gasteiger partial charge in [0.05, 0.1) is 18.5 Å². The number of phenolic OH excluding ortho intramolecular Hbond substituents is 1. The van der Waals surface area contributed by atoms with Crippen LogP contribution in [0.4, 0.5) is 16.2 Å². The normalized spacial score (nSPS) is 15.3. The van der Waals surface area contributed by atoms with Crippen molar-refractivity contribution >= 4 is 51.7 Å². The Morgan fingerprint density at radius 3 is 2.69 bits per heavy atom. The molecule has 1 fully saturated rings. The third-order valence-corrected chi connectivity index (χ3v) is 6.53. The smallest absolute Gasteiger partial charge is 0.331 e. The highest BCUT2D eigenvalue weighted by molar-refractivity contribution is 7.88. The van der Waals surface area contributed by atoms with E-state index in [1.165, 1.54) is 48.7 Å². The van der Waals surface area contributed by atoms with Crippen molar-refractivity contribution in [1.29, 1.82) is 0 Å². The molecule has 1 aliphatic heterocycles. The van der Waals surface area contributed by atoms with Crippen LogP contribution in [0.1, 0.15) is 5.56 Å². The van der Waals surface area contributed by atoms with Gasteiger partial charge in [-0.05, 0) is 17.5 Å². The molecule has 9 nitrogen and oxygen atoms in total. The van der Waals surface area contributed by atoms with Gasteiger partial charge in [0.1, 0.15) is 10.8 Å². The average Bonchev–Trinajstić information content (AvgIpc) is 3.31. The maximum absolute atomic E-state index is 12.6. The maximum atomic E-state index is 12.6. The van der Waals surface area contributed by atoms with E-state index in [9.17, 15) is 18.9 Å². The predicted octanol–water partition coefficient (Wildman–Crippen LogP) is 2.50. The largest absolute Gasteiger partial charge is 0.504 e. The van der Waals surface area contributed by atoms with E-state index in [-0.39, 0.29) is 29.5 Å². The van der Waals surface area contributed by atoms with E-state index in [1.54, 1.807) is 19.2 Å². The highest BCUT2D eigenvalue weighted by Gasteiger charge is 2.32. The highest BCUT2D eigenvalue weighted by Crippen LogP contribution is 2.42. The van der Waals surface area contributed by atoms with Gasteiger partial charge in [0, 0.05) is 31.9 Å². The molecular formula is C18H20N4O5S2. The van der Waals surface area contributed by atoms with Crippen LogP contribution >= 0.6 is 11.3 Å². The lowest BCUT2D eigenvalue weighted by atomic mass is 10.1. The van der Waals surface area contributed by atoms with Crippen LogP contribution in [0.25, 0.3) is 6.08 Å². The van der Waals surface area contributed by atoms with E-state index in [4.69, 9.17) is 4.74 Å². The van der Waals surface area contributed by atoms with E-state index in [0.717, 1.165) is 4.90 Å². The Balaban J connectivity index is 2.01. The number of hydrogen-bond donors (Lipinski definition) is 3. The van der Waals surface area contributed by atoms with Gasteiger partial charge in [-0.3, -0.25) is 9.52 Å². The zero-order valence-electron chi connectivity index (χ0n) is 16.0. The summed E-state index contributed by atoms with van der Waals surface area (Å²) in [6.45, 7) is -0.0151. The Morgan fingerprint density at radius 2 is 2.14 bits per heavy atom. The monoisotopic (exact) mass is 436 g/mol. The number of aromatic hydroxyl groups is 1. The molecule has 1 aromatic heterocycles. The molecule has 0 aliphatic carbocycles. The molecule has 0 bridgehead atoms. The van der Waals surface area contributed by atoms with Crippen LogP contribution in [0.15, 0.2) is 34.0 Å². The first kappa shape index (κ1) is 20.7. The molecule has 3 amide bonds. The highest BCUT2D eigenvalue weighted by atomic mass is 32.2. The van der Waals surface area contributed by atoms with Gasteiger partial charge in [0.2, 0.25) is 0 Å². The number of likely N-dealkylation sites (N-methyl/N-ethyl adjacent to an activating group) is 1. The van der Waals surface area contributed by atoms with Gasteiger partial charge in [-0.1, -0.05) is 6.07 Å². The molecule has 2 heterocycles. The van der Waals surface area contributed by atoms with Crippen molar-refractivity contribution in [3.63, 3.8) is 0 Å². The van der Waals surface area contributed by atoms with Crippen LogP contribution in [-0.2, 0) is 15.8 Å². The molecule has 0 spiro atoms. The number of hydrogen-bond acceptors (Lipinski definition) is 7. The number of rotatable bonds is 7. The molecule has 29 heavy (non-hydrogen) atoms. The maximum Gasteiger partial charge on any atom is 0.331 e. The number of imide groups is 1. The fourth-order valence-electron chi connectivity index (χ4n) is 2.79. The molecule has 2 aromatic rings. The number of nitrogens with one attached hydrogen (secondary N) is 2. The summed E-state index contributed by atoms with van der Waals surface area (Å²) in [5, 5.41) is 15.4. The summed E-state index contributed by atoms with van der Waals surface area (Å²) < 4.78 is 21.3. The number of methoxy groups -OCH3 is 1. The fourth-order valence-corrected chi connectivity index (χ4v) is 4.54. The van der Waals surface area contributed by atoms with Crippen LogP contribution in [0, 0.1) is 0 Å². The summed E-state index contributed by atoms with van der Waals surface area (Å²) in [6.07, 6.45) is 2.72. The molecule has 1 atom stereocenters. The quantitative estimate of drug-likeness (QED) is 0.454. The number of amides is 3. The summed E-state index contributed by atoms with van der Waals surface area (Å²) in [4.78, 5) is 26.3. The lowest BCUT2D eigenvalue weighted by molar-refractivity contribution is -0.123. The first-order chi connectivity index (χ1) is 13.9. The van der Waals surface area contributed by atoms with E-state index >= 15 is 0 Å². The fraction of sp³-hybridized carbons (Fsp3) is 0.222. The molecule has 3 rings (SSSR count). The van der Waals surface area contributed by atoms with E-state index in [2.05, 4.69) is 10.0 Å². The molecule has 1 aromatic carbocycles. The molecule has 1 unspecified atom stereocenters. The predicted molar refractivity (Wildman–Crippen MR) is 112 cm³/mol. The second kappa shape index (κ2) is 8.53. The topological polar surface area (TPSA) is 111 Å². The van der Waals surface area contributed by atoms with E-state index < -0.39 is 17.0 Å². The van der Waals surface area contributed by atoms with Crippen LogP contribution in [-0.4, -0.2) is 58.8 Å². The summed E-state index contributed by atoms with van der Waals surface area (Å²) in [5.41, 5.74) is 1.12. The van der Waals surface area contributed by atoms with Crippen molar-refractivity contribution in [3.05, 3.63) is 35.3 Å². The van der Waals surface area contributed by atoms with Gasteiger partial charge in [-0.2, -0.15) is 0 Å². The lowest BCUT2D eigenvalue weighted by Crippen LogP contribution is -2.26. The summed E-state index contributed by atoms with van der Waals surface area (Å²) in [6, 6.07) is 4.60. The molecule has 0 radical (unpaired) electrons. The van der Waals surface area contributed by atoms with Crippen molar-refractivity contribution in [2.75, 3.05) is 37.8 Å². The third-order valence-electron chi connectivity index (χ3n) is 4.22. The van der Waals surface area contributed by atoms with Crippen LogP contribution < -0.4 is 14.8 Å². The molecule has 1 saturated heterocycles. The molecular weight excluding hydrogens is 416 g/mol. The minimum atomic E-state index is -1.52. The Hall–Kier alpha value is -3.05. The first-order valence-electron chi connectivity index (χ1n) is 8.46. The second-order valence-corrected chi connectivity index (χ2v) is 8.42. The van der Waals surface area contributed by atoms with Gasteiger partial charge in [0.15, 0.2) is 22.5 Å². The van der Waals surface area contributed by atoms with Crippen LogP contribution in [0.2, 0.25) is 0 Å². The van der Waals surface area contributed by atoms with Gasteiger partial charge in [0.25, 0.3) is 5.91 Å². The first-order valence-corrected chi connectivity index (χ1v) is 10.5. The van der Waals surface area contributed by atoms with Gasteiger partial charge in [-0.15, -0.1) is 11.3 Å². The summed E-state index contributed by atoms with van der Waals surface area (Å²) in [5.74, 6) is -0.419. The van der Waals surface area contributed by atoms with Crippen molar-refractivity contribution in [1.82, 2.24) is 9.80 Å².